The van der Waals surface area contributed by atoms with Crippen LogP contribution in [0.15, 0.2) is 33.3 Å². The van der Waals surface area contributed by atoms with E-state index in [0.29, 0.717) is 11.5 Å². The van der Waals surface area contributed by atoms with Crippen molar-refractivity contribution in [3.8, 4) is 11.5 Å². The summed E-state index contributed by atoms with van der Waals surface area (Å²) in [6.07, 6.45) is -0.227. The van der Waals surface area contributed by atoms with E-state index in [2.05, 4.69) is 20.6 Å². The minimum absolute atomic E-state index is 0.0223. The van der Waals surface area contributed by atoms with Crippen LogP contribution < -0.4 is 5.32 Å². The molecule has 1 amide bonds. The Balaban J connectivity index is 1.57. The second kappa shape index (κ2) is 6.57. The fourth-order valence-corrected chi connectivity index (χ4v) is 1.98. The number of hydrogen-bond acceptors (Lipinski definition) is 6. The normalized spacial score (nSPS) is 10.8. The fraction of sp³-hybridized carbons (Fsp3) is 0.200. The number of nitrogens with zero attached hydrogens (tertiary/aromatic N) is 3. The first-order valence-electron chi connectivity index (χ1n) is 6.98. The molecule has 0 saturated carbocycles. The van der Waals surface area contributed by atoms with Crippen molar-refractivity contribution in [2.75, 3.05) is 0 Å². The zero-order chi connectivity index (χ0) is 17.1. The Morgan fingerprint density at radius 1 is 1.21 bits per heavy atom. The van der Waals surface area contributed by atoms with Gasteiger partial charge in [-0.25, -0.2) is 8.78 Å². The molecule has 0 aliphatic rings. The number of aromatic nitrogens is 3. The lowest BCUT2D eigenvalue weighted by Crippen LogP contribution is -2.25. The maximum absolute atomic E-state index is 13.5. The summed E-state index contributed by atoms with van der Waals surface area (Å²) in [5.74, 6) is -0.924. The number of nitrogens with one attached hydrogen (secondary N) is 1. The van der Waals surface area contributed by atoms with Gasteiger partial charge < -0.3 is 14.4 Å². The summed E-state index contributed by atoms with van der Waals surface area (Å²) >= 11 is 0. The molecule has 0 spiro atoms. The standard InChI is InChI=1S/C15H12F2N4O3/c1-8-4-12(20-23-8)15-19-14(24-21-15)7-18-13(22)5-9-2-3-10(16)6-11(9)17/h2-4,6H,5,7H2,1H3,(H,18,22). The number of rotatable bonds is 5. The molecule has 0 aliphatic heterocycles. The molecule has 0 radical (unpaired) electrons. The largest absolute Gasteiger partial charge is 0.361 e. The zero-order valence-corrected chi connectivity index (χ0v) is 12.5. The lowest BCUT2D eigenvalue weighted by atomic mass is 10.1. The molecule has 3 rings (SSSR count). The van der Waals surface area contributed by atoms with E-state index in [1.54, 1.807) is 13.0 Å². The minimum Gasteiger partial charge on any atom is -0.361 e. The maximum atomic E-state index is 13.5. The first-order valence-corrected chi connectivity index (χ1v) is 6.98. The lowest BCUT2D eigenvalue weighted by Gasteiger charge is -2.04. The summed E-state index contributed by atoms with van der Waals surface area (Å²) < 4.78 is 36.2. The van der Waals surface area contributed by atoms with Gasteiger partial charge in [0.05, 0.1) is 13.0 Å². The molecule has 2 heterocycles. The van der Waals surface area contributed by atoms with Crippen LogP contribution in [0.5, 0.6) is 0 Å². The van der Waals surface area contributed by atoms with Gasteiger partial charge in [0.2, 0.25) is 17.6 Å². The summed E-state index contributed by atoms with van der Waals surface area (Å²) in [7, 11) is 0. The highest BCUT2D eigenvalue weighted by Crippen LogP contribution is 2.15. The molecule has 124 valence electrons. The Morgan fingerprint density at radius 2 is 2.04 bits per heavy atom. The van der Waals surface area contributed by atoms with E-state index in [0.717, 1.165) is 12.1 Å². The molecular formula is C15H12F2N4O3. The Hall–Kier alpha value is -3.10. The number of hydrogen-bond donors (Lipinski definition) is 1. The maximum Gasteiger partial charge on any atom is 0.246 e. The van der Waals surface area contributed by atoms with Crippen molar-refractivity contribution in [2.45, 2.75) is 19.9 Å². The Labute approximate surface area is 134 Å². The van der Waals surface area contributed by atoms with E-state index in [1.165, 1.54) is 6.07 Å². The molecule has 0 bridgehead atoms. The smallest absolute Gasteiger partial charge is 0.246 e. The Morgan fingerprint density at radius 3 is 2.75 bits per heavy atom. The highest BCUT2D eigenvalue weighted by Gasteiger charge is 2.14. The number of halogens is 2. The molecule has 0 atom stereocenters. The van der Waals surface area contributed by atoms with Crippen molar-refractivity contribution in [3.05, 3.63) is 53.1 Å². The van der Waals surface area contributed by atoms with E-state index >= 15 is 0 Å². The Kier molecular flexibility index (Phi) is 4.32. The summed E-state index contributed by atoms with van der Waals surface area (Å²) in [5, 5.41) is 9.99. The molecule has 2 aromatic heterocycles. The summed E-state index contributed by atoms with van der Waals surface area (Å²) in [6.45, 7) is 1.71. The minimum atomic E-state index is -0.772. The van der Waals surface area contributed by atoms with Gasteiger partial charge in [-0.1, -0.05) is 16.4 Å². The second-order valence-corrected chi connectivity index (χ2v) is 5.02. The van der Waals surface area contributed by atoms with Crippen LogP contribution in [-0.2, 0) is 17.8 Å². The topological polar surface area (TPSA) is 94.1 Å². The van der Waals surface area contributed by atoms with E-state index in [9.17, 15) is 13.6 Å². The number of carbonyl (C=O) groups is 1. The van der Waals surface area contributed by atoms with Gasteiger partial charge in [0.1, 0.15) is 17.4 Å². The first-order chi connectivity index (χ1) is 11.5. The van der Waals surface area contributed by atoms with E-state index < -0.39 is 17.5 Å². The van der Waals surface area contributed by atoms with Gasteiger partial charge in [-0.15, -0.1) is 0 Å². The first kappa shape index (κ1) is 15.8. The van der Waals surface area contributed by atoms with E-state index in [1.807, 2.05) is 0 Å². The summed E-state index contributed by atoms with van der Waals surface area (Å²) in [6, 6.07) is 4.69. The van der Waals surface area contributed by atoms with Crippen LogP contribution in [0, 0.1) is 18.6 Å². The average Bonchev–Trinajstić information content (AvgIpc) is 3.17. The molecule has 1 N–H and O–H groups in total. The summed E-state index contributed by atoms with van der Waals surface area (Å²) in [4.78, 5) is 15.9. The molecule has 0 fully saturated rings. The van der Waals surface area contributed by atoms with Gasteiger partial charge in [-0.05, 0) is 18.6 Å². The lowest BCUT2D eigenvalue weighted by molar-refractivity contribution is -0.120. The van der Waals surface area contributed by atoms with Crippen molar-refractivity contribution in [2.24, 2.45) is 0 Å². The third-order valence-corrected chi connectivity index (χ3v) is 3.13. The van der Waals surface area contributed by atoms with Gasteiger partial charge in [0, 0.05) is 12.1 Å². The fourth-order valence-electron chi connectivity index (χ4n) is 1.98. The molecule has 0 aliphatic carbocycles. The quantitative estimate of drug-likeness (QED) is 0.768. The van der Waals surface area contributed by atoms with Crippen LogP contribution in [0.1, 0.15) is 17.2 Å². The third-order valence-electron chi connectivity index (χ3n) is 3.13. The van der Waals surface area contributed by atoms with Crippen molar-refractivity contribution in [1.82, 2.24) is 20.6 Å². The molecule has 1 aromatic carbocycles. The third kappa shape index (κ3) is 3.62. The average molecular weight is 334 g/mol. The number of aryl methyl sites for hydroxylation is 1. The second-order valence-electron chi connectivity index (χ2n) is 5.02. The van der Waals surface area contributed by atoms with Gasteiger partial charge in [-0.3, -0.25) is 4.79 Å². The monoisotopic (exact) mass is 334 g/mol. The van der Waals surface area contributed by atoms with Crippen LogP contribution in [0.2, 0.25) is 0 Å². The van der Waals surface area contributed by atoms with Crippen molar-refractivity contribution < 1.29 is 22.6 Å². The molecule has 0 saturated heterocycles. The predicted octanol–water partition coefficient (Wildman–Crippen LogP) is 2.17. The number of benzene rings is 1. The highest BCUT2D eigenvalue weighted by molar-refractivity contribution is 5.78. The van der Waals surface area contributed by atoms with Crippen LogP contribution in [0.4, 0.5) is 8.78 Å². The van der Waals surface area contributed by atoms with Crippen LogP contribution >= 0.6 is 0 Å². The molecule has 7 nitrogen and oxygen atoms in total. The van der Waals surface area contributed by atoms with Gasteiger partial charge in [-0.2, -0.15) is 4.98 Å². The van der Waals surface area contributed by atoms with Crippen molar-refractivity contribution in [3.63, 3.8) is 0 Å². The van der Waals surface area contributed by atoms with Gasteiger partial charge in [0.15, 0.2) is 5.69 Å². The van der Waals surface area contributed by atoms with Crippen molar-refractivity contribution in [1.29, 1.82) is 0 Å². The SMILES string of the molecule is Cc1cc(-c2noc(CNC(=O)Cc3ccc(F)cc3F)n2)no1. The zero-order valence-electron chi connectivity index (χ0n) is 12.5. The number of amides is 1. The predicted molar refractivity (Wildman–Crippen MR) is 76.4 cm³/mol. The molecule has 0 unspecified atom stereocenters. The van der Waals surface area contributed by atoms with Crippen LogP contribution in [0.3, 0.4) is 0 Å². The van der Waals surface area contributed by atoms with Gasteiger partial charge >= 0.3 is 0 Å². The molecule has 3 aromatic rings. The molecule has 9 heteroatoms. The van der Waals surface area contributed by atoms with Crippen molar-refractivity contribution >= 4 is 5.91 Å². The highest BCUT2D eigenvalue weighted by atomic mass is 19.1. The number of carbonyl (C=O) groups excluding carboxylic acids is 1. The summed E-state index contributed by atoms with van der Waals surface area (Å²) in [5.41, 5.74) is 0.514. The van der Waals surface area contributed by atoms with Crippen LogP contribution in [0.25, 0.3) is 11.5 Å². The van der Waals surface area contributed by atoms with E-state index in [-0.39, 0.29) is 30.2 Å². The van der Waals surface area contributed by atoms with Gasteiger partial charge in [0.25, 0.3) is 0 Å². The van der Waals surface area contributed by atoms with Crippen LogP contribution in [-0.4, -0.2) is 21.2 Å². The molecular weight excluding hydrogens is 322 g/mol. The Bertz CT molecular complexity index is 875. The molecule has 24 heavy (non-hydrogen) atoms. The van der Waals surface area contributed by atoms with E-state index in [4.69, 9.17) is 9.05 Å².